The van der Waals surface area contributed by atoms with E-state index in [0.29, 0.717) is 24.2 Å². The second-order valence-electron chi connectivity index (χ2n) is 6.71. The molecule has 2 fully saturated rings. The molecule has 2 bridgehead atoms. The molecule has 0 aliphatic carbocycles. The third kappa shape index (κ3) is 3.49. The summed E-state index contributed by atoms with van der Waals surface area (Å²) in [6, 6.07) is 9.77. The summed E-state index contributed by atoms with van der Waals surface area (Å²) in [5.41, 5.74) is 2.89. The van der Waals surface area contributed by atoms with Crippen LogP contribution >= 0.6 is 0 Å². The minimum atomic E-state index is 0.513. The van der Waals surface area contributed by atoms with Crippen molar-refractivity contribution in [1.29, 1.82) is 0 Å². The third-order valence-electron chi connectivity index (χ3n) is 5.21. The van der Waals surface area contributed by atoms with Crippen LogP contribution in [0.2, 0.25) is 0 Å². The van der Waals surface area contributed by atoms with E-state index < -0.39 is 0 Å². The molecule has 2 heterocycles. The lowest BCUT2D eigenvalue weighted by atomic mass is 9.81. The first kappa shape index (κ1) is 15.1. The fourth-order valence-corrected chi connectivity index (χ4v) is 3.97. The number of aryl methyl sites for hydroxylation is 1. The highest BCUT2D eigenvalue weighted by molar-refractivity contribution is 5.23. The second kappa shape index (κ2) is 6.93. The van der Waals surface area contributed by atoms with Gasteiger partial charge in [0.25, 0.3) is 0 Å². The zero-order chi connectivity index (χ0) is 14.7. The molecule has 1 aromatic rings. The standard InChI is InChI=1S/C19H29NO/c1-3-11-20-18(17-13-16-9-10-19(17)21-16)12-15-7-5-14(4-2)6-8-15/h5-8,16-20H,3-4,9-13H2,1-2H3. The van der Waals surface area contributed by atoms with Gasteiger partial charge in [-0.1, -0.05) is 38.1 Å². The van der Waals surface area contributed by atoms with Gasteiger partial charge in [0.1, 0.15) is 0 Å². The summed E-state index contributed by atoms with van der Waals surface area (Å²) in [6.45, 7) is 5.58. The predicted molar refractivity (Wildman–Crippen MR) is 87.6 cm³/mol. The smallest absolute Gasteiger partial charge is 0.0623 e. The van der Waals surface area contributed by atoms with E-state index in [-0.39, 0.29) is 0 Å². The largest absolute Gasteiger partial charge is 0.375 e. The molecule has 4 unspecified atom stereocenters. The fourth-order valence-electron chi connectivity index (χ4n) is 3.97. The van der Waals surface area contributed by atoms with Crippen molar-refractivity contribution < 1.29 is 4.74 Å². The summed E-state index contributed by atoms with van der Waals surface area (Å²) in [5.74, 6) is 0.709. The number of hydrogen-bond donors (Lipinski definition) is 1. The Labute approximate surface area is 129 Å². The molecule has 2 aliphatic rings. The zero-order valence-electron chi connectivity index (χ0n) is 13.5. The maximum absolute atomic E-state index is 6.08. The van der Waals surface area contributed by atoms with Crippen LogP contribution in [0.1, 0.15) is 50.7 Å². The highest BCUT2D eigenvalue weighted by Crippen LogP contribution is 2.41. The van der Waals surface area contributed by atoms with Crippen molar-refractivity contribution in [2.24, 2.45) is 5.92 Å². The highest BCUT2D eigenvalue weighted by atomic mass is 16.5. The van der Waals surface area contributed by atoms with Gasteiger partial charge in [-0.3, -0.25) is 0 Å². The second-order valence-corrected chi connectivity index (χ2v) is 6.71. The number of fused-ring (bicyclic) bond motifs is 2. The SMILES string of the molecule is CCCNC(Cc1ccc(CC)cc1)C1CC2CCC1O2. The average molecular weight is 287 g/mol. The first-order valence-electron chi connectivity index (χ1n) is 8.76. The molecule has 1 N–H and O–H groups in total. The molecule has 0 radical (unpaired) electrons. The lowest BCUT2D eigenvalue weighted by Crippen LogP contribution is -2.42. The van der Waals surface area contributed by atoms with E-state index in [1.54, 1.807) is 0 Å². The first-order valence-corrected chi connectivity index (χ1v) is 8.76. The summed E-state index contributed by atoms with van der Waals surface area (Å²) >= 11 is 0. The van der Waals surface area contributed by atoms with Gasteiger partial charge in [-0.05, 0) is 56.2 Å². The predicted octanol–water partition coefficient (Wildman–Crippen LogP) is 3.73. The molecule has 2 aliphatic heterocycles. The molecule has 0 amide bonds. The fraction of sp³-hybridized carbons (Fsp3) is 0.684. The molecule has 3 rings (SSSR count). The zero-order valence-corrected chi connectivity index (χ0v) is 13.5. The summed E-state index contributed by atoms with van der Waals surface area (Å²) in [4.78, 5) is 0. The lowest BCUT2D eigenvalue weighted by Gasteiger charge is -2.29. The van der Waals surface area contributed by atoms with Crippen LogP contribution in [0.4, 0.5) is 0 Å². The van der Waals surface area contributed by atoms with Crippen LogP contribution in [0, 0.1) is 5.92 Å². The number of ether oxygens (including phenoxy) is 1. The number of rotatable bonds is 7. The Balaban J connectivity index is 1.66. The molecule has 2 saturated heterocycles. The van der Waals surface area contributed by atoms with Gasteiger partial charge in [0.2, 0.25) is 0 Å². The minimum Gasteiger partial charge on any atom is -0.375 e. The molecule has 4 atom stereocenters. The Bertz CT molecular complexity index is 441. The van der Waals surface area contributed by atoms with Gasteiger partial charge in [-0.25, -0.2) is 0 Å². The van der Waals surface area contributed by atoms with E-state index in [1.165, 1.54) is 36.8 Å². The van der Waals surface area contributed by atoms with Crippen LogP contribution in [0.5, 0.6) is 0 Å². The van der Waals surface area contributed by atoms with E-state index >= 15 is 0 Å². The molecule has 0 spiro atoms. The number of nitrogens with one attached hydrogen (secondary N) is 1. The van der Waals surface area contributed by atoms with Gasteiger partial charge in [-0.15, -0.1) is 0 Å². The van der Waals surface area contributed by atoms with E-state index in [1.807, 2.05) is 0 Å². The summed E-state index contributed by atoms with van der Waals surface area (Å²) in [7, 11) is 0. The Morgan fingerprint density at radius 2 is 1.90 bits per heavy atom. The van der Waals surface area contributed by atoms with E-state index in [4.69, 9.17) is 4.74 Å². The summed E-state index contributed by atoms with van der Waals surface area (Å²) < 4.78 is 6.08. The van der Waals surface area contributed by atoms with Gasteiger partial charge in [0.05, 0.1) is 12.2 Å². The van der Waals surface area contributed by atoms with Crippen LogP contribution in [0.25, 0.3) is 0 Å². The minimum absolute atomic E-state index is 0.513. The van der Waals surface area contributed by atoms with Crippen molar-refractivity contribution in [3.63, 3.8) is 0 Å². The van der Waals surface area contributed by atoms with Crippen LogP contribution < -0.4 is 5.32 Å². The molecule has 0 aromatic heterocycles. The van der Waals surface area contributed by atoms with Crippen molar-refractivity contribution in [3.05, 3.63) is 35.4 Å². The summed E-state index contributed by atoms with van der Waals surface area (Å²) in [6.07, 6.45) is 8.35. The van der Waals surface area contributed by atoms with Crippen LogP contribution in [-0.4, -0.2) is 24.8 Å². The molecule has 1 aromatic carbocycles. The number of hydrogen-bond acceptors (Lipinski definition) is 2. The molecule has 116 valence electrons. The molecule has 2 nitrogen and oxygen atoms in total. The quantitative estimate of drug-likeness (QED) is 0.825. The average Bonchev–Trinajstić information content (AvgIpc) is 3.15. The van der Waals surface area contributed by atoms with E-state index in [0.717, 1.165) is 19.4 Å². The van der Waals surface area contributed by atoms with Gasteiger partial charge in [-0.2, -0.15) is 0 Å². The third-order valence-corrected chi connectivity index (χ3v) is 5.21. The summed E-state index contributed by atoms with van der Waals surface area (Å²) in [5, 5.41) is 3.79. The van der Waals surface area contributed by atoms with Crippen molar-refractivity contribution in [1.82, 2.24) is 5.32 Å². The van der Waals surface area contributed by atoms with E-state index in [2.05, 4.69) is 43.4 Å². The molecular formula is C19H29NO. The molecular weight excluding hydrogens is 258 g/mol. The van der Waals surface area contributed by atoms with Gasteiger partial charge in [0, 0.05) is 12.0 Å². The Kier molecular flexibility index (Phi) is 4.97. The monoisotopic (exact) mass is 287 g/mol. The molecule has 0 saturated carbocycles. The van der Waals surface area contributed by atoms with Crippen LogP contribution in [-0.2, 0) is 17.6 Å². The van der Waals surface area contributed by atoms with Gasteiger partial charge in [0.15, 0.2) is 0 Å². The topological polar surface area (TPSA) is 21.3 Å². The Hall–Kier alpha value is -0.860. The Morgan fingerprint density at radius 3 is 2.48 bits per heavy atom. The van der Waals surface area contributed by atoms with Crippen molar-refractivity contribution in [2.45, 2.75) is 70.6 Å². The maximum Gasteiger partial charge on any atom is 0.0623 e. The Morgan fingerprint density at radius 1 is 1.14 bits per heavy atom. The van der Waals surface area contributed by atoms with Crippen molar-refractivity contribution >= 4 is 0 Å². The van der Waals surface area contributed by atoms with E-state index in [9.17, 15) is 0 Å². The normalized spacial score (nSPS) is 29.0. The van der Waals surface area contributed by atoms with Gasteiger partial charge >= 0.3 is 0 Å². The molecule has 2 heteroatoms. The lowest BCUT2D eigenvalue weighted by molar-refractivity contribution is 0.0857. The van der Waals surface area contributed by atoms with Crippen LogP contribution in [0.15, 0.2) is 24.3 Å². The number of benzene rings is 1. The molecule has 21 heavy (non-hydrogen) atoms. The highest BCUT2D eigenvalue weighted by Gasteiger charge is 2.43. The maximum atomic E-state index is 6.08. The van der Waals surface area contributed by atoms with Gasteiger partial charge < -0.3 is 10.1 Å². The van der Waals surface area contributed by atoms with Crippen LogP contribution in [0.3, 0.4) is 0 Å². The van der Waals surface area contributed by atoms with Crippen molar-refractivity contribution in [2.75, 3.05) is 6.54 Å². The first-order chi connectivity index (χ1) is 10.3. The van der Waals surface area contributed by atoms with Crippen molar-refractivity contribution in [3.8, 4) is 0 Å².